The largest absolute Gasteiger partial charge is 0.325 e. The van der Waals surface area contributed by atoms with Crippen molar-refractivity contribution in [2.45, 2.75) is 82.2 Å². The van der Waals surface area contributed by atoms with E-state index in [1.165, 1.54) is 70.6 Å². The molecule has 0 aliphatic heterocycles. The molecule has 0 radical (unpaired) electrons. The summed E-state index contributed by atoms with van der Waals surface area (Å²) in [6, 6.07) is 0.785. The summed E-state index contributed by atoms with van der Waals surface area (Å²) in [4.78, 5) is 0. The molecule has 0 spiro atoms. The molecular weight excluding hydrogens is 196 g/mol. The van der Waals surface area contributed by atoms with Gasteiger partial charge >= 0.3 is 0 Å². The number of rotatable bonds is 4. The van der Waals surface area contributed by atoms with Crippen molar-refractivity contribution in [2.75, 3.05) is 6.54 Å². The maximum absolute atomic E-state index is 6.37. The van der Waals surface area contributed by atoms with E-state index in [1.807, 2.05) is 0 Å². The highest BCUT2D eigenvalue weighted by Gasteiger charge is 2.28. The second kappa shape index (κ2) is 6.02. The average Bonchev–Trinajstić information content (AvgIpc) is 2.53. The lowest BCUT2D eigenvalue weighted by Crippen LogP contribution is -2.41. The molecule has 94 valence electrons. The maximum atomic E-state index is 6.37. The molecule has 2 nitrogen and oxygen atoms in total. The highest BCUT2D eigenvalue weighted by molar-refractivity contribution is 4.89. The van der Waals surface area contributed by atoms with E-state index in [0.29, 0.717) is 0 Å². The standard InChI is InChI=1S/C14H28N2/c15-14(9-5-6-10-14)11-12-16-13-7-3-1-2-4-8-13/h13,16H,1-12,15H2. The Morgan fingerprint density at radius 2 is 1.56 bits per heavy atom. The summed E-state index contributed by atoms with van der Waals surface area (Å²) in [5.41, 5.74) is 6.54. The van der Waals surface area contributed by atoms with Crippen molar-refractivity contribution in [3.8, 4) is 0 Å². The summed E-state index contributed by atoms with van der Waals surface area (Å²) in [6.07, 6.45) is 14.9. The number of hydrogen-bond donors (Lipinski definition) is 2. The van der Waals surface area contributed by atoms with Crippen molar-refractivity contribution in [2.24, 2.45) is 5.73 Å². The zero-order valence-electron chi connectivity index (χ0n) is 10.6. The van der Waals surface area contributed by atoms with Gasteiger partial charge in [-0.25, -0.2) is 0 Å². The Hall–Kier alpha value is -0.0800. The molecule has 2 fully saturated rings. The first-order valence-corrected chi connectivity index (χ1v) is 7.31. The van der Waals surface area contributed by atoms with Crippen molar-refractivity contribution in [1.29, 1.82) is 0 Å². The third kappa shape index (κ3) is 3.74. The molecule has 16 heavy (non-hydrogen) atoms. The van der Waals surface area contributed by atoms with Crippen LogP contribution in [0, 0.1) is 0 Å². The molecule has 2 aliphatic rings. The Morgan fingerprint density at radius 1 is 0.938 bits per heavy atom. The van der Waals surface area contributed by atoms with Gasteiger partial charge in [-0.05, 0) is 38.6 Å². The summed E-state index contributed by atoms with van der Waals surface area (Å²) in [5.74, 6) is 0. The Morgan fingerprint density at radius 3 is 2.19 bits per heavy atom. The number of nitrogens with two attached hydrogens (primary N) is 1. The van der Waals surface area contributed by atoms with E-state index in [2.05, 4.69) is 5.32 Å². The first kappa shape index (κ1) is 12.4. The molecule has 0 saturated heterocycles. The minimum atomic E-state index is 0.178. The van der Waals surface area contributed by atoms with Crippen molar-refractivity contribution in [3.63, 3.8) is 0 Å². The van der Waals surface area contributed by atoms with Gasteiger partial charge in [0.15, 0.2) is 0 Å². The van der Waals surface area contributed by atoms with E-state index in [0.717, 1.165) is 12.6 Å². The molecule has 0 amide bonds. The molecule has 0 heterocycles. The lowest BCUT2D eigenvalue weighted by Gasteiger charge is -2.25. The predicted octanol–water partition coefficient (Wildman–Crippen LogP) is 2.96. The highest BCUT2D eigenvalue weighted by atomic mass is 14.9. The van der Waals surface area contributed by atoms with Gasteiger partial charge in [-0.15, -0.1) is 0 Å². The normalized spacial score (nSPS) is 26.8. The topological polar surface area (TPSA) is 38.0 Å². The van der Waals surface area contributed by atoms with Gasteiger partial charge in [0.05, 0.1) is 0 Å². The average molecular weight is 224 g/mol. The van der Waals surface area contributed by atoms with Crippen molar-refractivity contribution in [3.05, 3.63) is 0 Å². The van der Waals surface area contributed by atoms with Crippen LogP contribution in [0.3, 0.4) is 0 Å². The molecular formula is C14H28N2. The molecule has 0 bridgehead atoms. The Kier molecular flexibility index (Phi) is 4.66. The van der Waals surface area contributed by atoms with Crippen LogP contribution in [0.15, 0.2) is 0 Å². The summed E-state index contributed by atoms with van der Waals surface area (Å²) >= 11 is 0. The summed E-state index contributed by atoms with van der Waals surface area (Å²) < 4.78 is 0. The van der Waals surface area contributed by atoms with Gasteiger partial charge in [0.1, 0.15) is 0 Å². The van der Waals surface area contributed by atoms with Crippen LogP contribution in [0.5, 0.6) is 0 Å². The molecule has 2 saturated carbocycles. The number of hydrogen-bond acceptors (Lipinski definition) is 2. The predicted molar refractivity (Wildman–Crippen MR) is 69.5 cm³/mol. The SMILES string of the molecule is NC1(CCNC2CCCCCC2)CCCC1. The second-order valence-electron chi connectivity index (χ2n) is 5.96. The van der Waals surface area contributed by atoms with E-state index in [4.69, 9.17) is 5.73 Å². The van der Waals surface area contributed by atoms with Gasteiger partial charge < -0.3 is 11.1 Å². The summed E-state index contributed by atoms with van der Waals surface area (Å²) in [7, 11) is 0. The molecule has 0 aromatic rings. The third-order valence-electron chi connectivity index (χ3n) is 4.51. The zero-order valence-corrected chi connectivity index (χ0v) is 10.6. The van der Waals surface area contributed by atoms with Gasteiger partial charge in [-0.3, -0.25) is 0 Å². The van der Waals surface area contributed by atoms with Gasteiger partial charge in [0, 0.05) is 11.6 Å². The second-order valence-corrected chi connectivity index (χ2v) is 5.96. The third-order valence-corrected chi connectivity index (χ3v) is 4.51. The van der Waals surface area contributed by atoms with Crippen molar-refractivity contribution in [1.82, 2.24) is 5.32 Å². The fourth-order valence-electron chi connectivity index (χ4n) is 3.34. The Balaban J connectivity index is 1.62. The Labute approximate surface area is 100 Å². The van der Waals surface area contributed by atoms with E-state index in [9.17, 15) is 0 Å². The highest BCUT2D eigenvalue weighted by Crippen LogP contribution is 2.29. The van der Waals surface area contributed by atoms with E-state index in [-0.39, 0.29) is 5.54 Å². The van der Waals surface area contributed by atoms with Gasteiger partial charge in [-0.2, -0.15) is 0 Å². The maximum Gasteiger partial charge on any atom is 0.0166 e. The van der Waals surface area contributed by atoms with Crippen LogP contribution in [0.1, 0.15) is 70.6 Å². The summed E-state index contributed by atoms with van der Waals surface area (Å²) in [6.45, 7) is 1.14. The van der Waals surface area contributed by atoms with Crippen molar-refractivity contribution >= 4 is 0 Å². The molecule has 0 atom stereocenters. The zero-order chi connectivity index (χ0) is 11.3. The van der Waals surface area contributed by atoms with E-state index in [1.54, 1.807) is 0 Å². The Bertz CT molecular complexity index is 189. The fourth-order valence-corrected chi connectivity index (χ4v) is 3.34. The van der Waals surface area contributed by atoms with Gasteiger partial charge in [0.25, 0.3) is 0 Å². The van der Waals surface area contributed by atoms with Crippen molar-refractivity contribution < 1.29 is 0 Å². The lowest BCUT2D eigenvalue weighted by molar-refractivity contribution is 0.367. The van der Waals surface area contributed by atoms with Crippen LogP contribution < -0.4 is 11.1 Å². The minimum absolute atomic E-state index is 0.178. The van der Waals surface area contributed by atoms with E-state index >= 15 is 0 Å². The molecule has 2 rings (SSSR count). The van der Waals surface area contributed by atoms with Gasteiger partial charge in [-0.1, -0.05) is 38.5 Å². The van der Waals surface area contributed by atoms with Crippen LogP contribution in [-0.4, -0.2) is 18.1 Å². The first-order valence-electron chi connectivity index (χ1n) is 7.31. The van der Waals surface area contributed by atoms with Crippen LogP contribution in [0.25, 0.3) is 0 Å². The van der Waals surface area contributed by atoms with Crippen LogP contribution in [-0.2, 0) is 0 Å². The van der Waals surface area contributed by atoms with Gasteiger partial charge in [0.2, 0.25) is 0 Å². The van der Waals surface area contributed by atoms with E-state index < -0.39 is 0 Å². The lowest BCUT2D eigenvalue weighted by atomic mass is 9.94. The molecule has 3 N–H and O–H groups in total. The molecule has 2 aliphatic carbocycles. The fraction of sp³-hybridized carbons (Fsp3) is 1.00. The minimum Gasteiger partial charge on any atom is -0.325 e. The molecule has 0 aromatic heterocycles. The monoisotopic (exact) mass is 224 g/mol. The molecule has 0 unspecified atom stereocenters. The molecule has 0 aromatic carbocycles. The van der Waals surface area contributed by atoms with Crippen LogP contribution >= 0.6 is 0 Å². The molecule has 2 heteroatoms. The van der Waals surface area contributed by atoms with Crippen LogP contribution in [0.2, 0.25) is 0 Å². The van der Waals surface area contributed by atoms with Crippen LogP contribution in [0.4, 0.5) is 0 Å². The quantitative estimate of drug-likeness (QED) is 0.721. The summed E-state index contributed by atoms with van der Waals surface area (Å²) in [5, 5.41) is 3.73. The number of nitrogens with one attached hydrogen (secondary N) is 1. The first-order chi connectivity index (χ1) is 7.79. The smallest absolute Gasteiger partial charge is 0.0166 e.